The average molecular weight is 372 g/mol. The number of hydrogen-bond acceptors (Lipinski definition) is 4. The van der Waals surface area contributed by atoms with Crippen molar-refractivity contribution in [2.75, 3.05) is 18.1 Å². The number of carbonyl (C=O) groups is 3. The molecule has 1 saturated carbocycles. The van der Waals surface area contributed by atoms with Crippen molar-refractivity contribution >= 4 is 23.5 Å². The lowest BCUT2D eigenvalue weighted by atomic mass is 9.78. The normalized spacial score (nSPS) is 25.3. The molecule has 1 aliphatic heterocycles. The lowest BCUT2D eigenvalue weighted by molar-refractivity contribution is -0.125. The summed E-state index contributed by atoms with van der Waals surface area (Å²) >= 11 is 0. The second kappa shape index (κ2) is 8.55. The quantitative estimate of drug-likeness (QED) is 0.807. The zero-order valence-electron chi connectivity index (χ0n) is 16.1. The van der Waals surface area contributed by atoms with Crippen LogP contribution in [0.5, 0.6) is 0 Å². The number of hydrogen-bond donors (Lipinski definition) is 1. The largest absolute Gasteiger partial charge is 0.452 e. The highest BCUT2D eigenvalue weighted by molar-refractivity contribution is 5.97. The van der Waals surface area contributed by atoms with Gasteiger partial charge in [-0.05, 0) is 42.9 Å². The van der Waals surface area contributed by atoms with Crippen LogP contribution in [0.25, 0.3) is 0 Å². The summed E-state index contributed by atoms with van der Waals surface area (Å²) in [5.41, 5.74) is 1.04. The minimum atomic E-state index is -0.552. The van der Waals surface area contributed by atoms with Gasteiger partial charge in [-0.2, -0.15) is 0 Å². The molecule has 27 heavy (non-hydrogen) atoms. The van der Waals surface area contributed by atoms with Gasteiger partial charge in [0.15, 0.2) is 6.61 Å². The van der Waals surface area contributed by atoms with E-state index < -0.39 is 5.97 Å². The SMILES string of the molecule is CC1CCCC(NC(=O)COC(=O)c2cccc(N3CCCC3=O)c2)C1C. The molecule has 146 valence electrons. The topological polar surface area (TPSA) is 75.7 Å². The molecule has 1 saturated heterocycles. The first kappa shape index (κ1) is 19.4. The Morgan fingerprint density at radius 2 is 2.04 bits per heavy atom. The Hall–Kier alpha value is -2.37. The van der Waals surface area contributed by atoms with E-state index in [0.29, 0.717) is 36.1 Å². The molecule has 1 aromatic carbocycles. The third-order valence-corrected chi connectivity index (χ3v) is 5.85. The Morgan fingerprint density at radius 1 is 1.22 bits per heavy atom. The van der Waals surface area contributed by atoms with Crippen molar-refractivity contribution < 1.29 is 19.1 Å². The third kappa shape index (κ3) is 4.67. The van der Waals surface area contributed by atoms with E-state index in [2.05, 4.69) is 19.2 Å². The first-order valence-electron chi connectivity index (χ1n) is 9.82. The molecular weight excluding hydrogens is 344 g/mol. The van der Waals surface area contributed by atoms with Crippen molar-refractivity contribution in [1.29, 1.82) is 0 Å². The minimum Gasteiger partial charge on any atom is -0.452 e. The average Bonchev–Trinajstić information content (AvgIpc) is 3.09. The second-order valence-electron chi connectivity index (χ2n) is 7.72. The van der Waals surface area contributed by atoms with E-state index in [4.69, 9.17) is 4.74 Å². The van der Waals surface area contributed by atoms with Crippen LogP contribution in [0.2, 0.25) is 0 Å². The summed E-state index contributed by atoms with van der Waals surface area (Å²) in [5.74, 6) is 0.260. The van der Waals surface area contributed by atoms with Crippen LogP contribution in [0.15, 0.2) is 24.3 Å². The van der Waals surface area contributed by atoms with Crippen LogP contribution in [-0.2, 0) is 14.3 Å². The Kier molecular flexibility index (Phi) is 6.14. The maximum atomic E-state index is 12.3. The Labute approximate surface area is 160 Å². The molecule has 6 heteroatoms. The maximum Gasteiger partial charge on any atom is 0.338 e. The minimum absolute atomic E-state index is 0.0655. The van der Waals surface area contributed by atoms with E-state index in [-0.39, 0.29) is 24.5 Å². The summed E-state index contributed by atoms with van der Waals surface area (Å²) in [6, 6.07) is 6.95. The molecule has 0 radical (unpaired) electrons. The van der Waals surface area contributed by atoms with Gasteiger partial charge in [0, 0.05) is 24.7 Å². The number of esters is 1. The van der Waals surface area contributed by atoms with Crippen LogP contribution < -0.4 is 10.2 Å². The van der Waals surface area contributed by atoms with Crippen molar-refractivity contribution in [1.82, 2.24) is 5.32 Å². The molecule has 2 aliphatic rings. The number of amides is 2. The molecule has 0 spiro atoms. The van der Waals surface area contributed by atoms with Crippen molar-refractivity contribution in [3.63, 3.8) is 0 Å². The fourth-order valence-corrected chi connectivity index (χ4v) is 3.97. The predicted octanol–water partition coefficient (Wildman–Crippen LogP) is 2.91. The highest BCUT2D eigenvalue weighted by Crippen LogP contribution is 2.29. The van der Waals surface area contributed by atoms with E-state index in [9.17, 15) is 14.4 Å². The number of benzene rings is 1. The molecule has 1 aromatic rings. The lowest BCUT2D eigenvalue weighted by Crippen LogP contribution is -2.45. The van der Waals surface area contributed by atoms with E-state index in [1.54, 1.807) is 29.2 Å². The van der Waals surface area contributed by atoms with Gasteiger partial charge in [0.25, 0.3) is 5.91 Å². The fourth-order valence-electron chi connectivity index (χ4n) is 3.97. The Bertz CT molecular complexity index is 718. The fraction of sp³-hybridized carbons (Fsp3) is 0.571. The van der Waals surface area contributed by atoms with Crippen molar-refractivity contribution in [2.24, 2.45) is 11.8 Å². The number of rotatable bonds is 5. The van der Waals surface area contributed by atoms with Crippen molar-refractivity contribution in [3.8, 4) is 0 Å². The van der Waals surface area contributed by atoms with Crippen LogP contribution in [0.1, 0.15) is 56.3 Å². The van der Waals surface area contributed by atoms with E-state index in [0.717, 1.165) is 19.3 Å². The van der Waals surface area contributed by atoms with Gasteiger partial charge in [-0.25, -0.2) is 4.79 Å². The zero-order valence-corrected chi connectivity index (χ0v) is 16.1. The van der Waals surface area contributed by atoms with Crippen molar-refractivity contribution in [2.45, 2.75) is 52.0 Å². The number of carbonyl (C=O) groups excluding carboxylic acids is 3. The molecule has 1 N–H and O–H groups in total. The van der Waals surface area contributed by atoms with Gasteiger partial charge in [-0.15, -0.1) is 0 Å². The molecule has 6 nitrogen and oxygen atoms in total. The Balaban J connectivity index is 1.53. The molecule has 3 atom stereocenters. The Morgan fingerprint density at radius 3 is 2.78 bits per heavy atom. The highest BCUT2D eigenvalue weighted by Gasteiger charge is 2.28. The van der Waals surface area contributed by atoms with E-state index >= 15 is 0 Å². The molecular formula is C21H28N2O4. The van der Waals surface area contributed by atoms with Gasteiger partial charge in [0.05, 0.1) is 5.56 Å². The monoisotopic (exact) mass is 372 g/mol. The summed E-state index contributed by atoms with van der Waals surface area (Å²) in [6.45, 7) is 4.74. The van der Waals surface area contributed by atoms with Crippen LogP contribution >= 0.6 is 0 Å². The number of nitrogens with one attached hydrogen (secondary N) is 1. The van der Waals surface area contributed by atoms with Gasteiger partial charge < -0.3 is 15.0 Å². The standard InChI is InChI=1S/C21H28N2O4/c1-14-6-3-9-18(15(14)2)22-19(24)13-27-21(26)16-7-4-8-17(12-16)23-11-5-10-20(23)25/h4,7-8,12,14-15,18H,3,5-6,9-11,13H2,1-2H3,(H,22,24). The number of anilines is 1. The molecule has 3 unspecified atom stereocenters. The van der Waals surface area contributed by atoms with E-state index in [1.165, 1.54) is 6.42 Å². The number of nitrogens with zero attached hydrogens (tertiary/aromatic N) is 1. The summed E-state index contributed by atoms with van der Waals surface area (Å²) in [4.78, 5) is 38.0. The molecule has 1 aliphatic carbocycles. The van der Waals surface area contributed by atoms with E-state index in [1.807, 2.05) is 0 Å². The zero-order chi connectivity index (χ0) is 19.4. The third-order valence-electron chi connectivity index (χ3n) is 5.85. The number of ether oxygens (including phenoxy) is 1. The smallest absolute Gasteiger partial charge is 0.338 e. The van der Waals surface area contributed by atoms with Crippen LogP contribution in [0.4, 0.5) is 5.69 Å². The maximum absolute atomic E-state index is 12.3. The second-order valence-corrected chi connectivity index (χ2v) is 7.72. The highest BCUT2D eigenvalue weighted by atomic mass is 16.5. The van der Waals surface area contributed by atoms with Gasteiger partial charge in [-0.3, -0.25) is 9.59 Å². The first-order chi connectivity index (χ1) is 13.0. The molecule has 2 fully saturated rings. The predicted molar refractivity (Wildman–Crippen MR) is 102 cm³/mol. The summed E-state index contributed by atoms with van der Waals surface area (Å²) in [7, 11) is 0. The van der Waals surface area contributed by atoms with Gasteiger partial charge >= 0.3 is 5.97 Å². The lowest BCUT2D eigenvalue weighted by Gasteiger charge is -2.34. The van der Waals surface area contributed by atoms with Gasteiger partial charge in [0.2, 0.25) is 5.91 Å². The first-order valence-corrected chi connectivity index (χ1v) is 9.82. The van der Waals surface area contributed by atoms with Crippen LogP contribution in [0, 0.1) is 11.8 Å². The summed E-state index contributed by atoms with van der Waals surface area (Å²) in [6.07, 6.45) is 4.63. The van der Waals surface area contributed by atoms with Crippen molar-refractivity contribution in [3.05, 3.63) is 29.8 Å². The molecule has 1 heterocycles. The molecule has 3 rings (SSSR count). The molecule has 2 amide bonds. The van der Waals surface area contributed by atoms with Crippen LogP contribution in [0.3, 0.4) is 0 Å². The van der Waals surface area contributed by atoms with Gasteiger partial charge in [0.1, 0.15) is 0 Å². The molecule has 0 bridgehead atoms. The van der Waals surface area contributed by atoms with Gasteiger partial charge in [-0.1, -0.05) is 32.8 Å². The summed E-state index contributed by atoms with van der Waals surface area (Å²) in [5, 5.41) is 3.00. The molecule has 0 aromatic heterocycles. The summed E-state index contributed by atoms with van der Waals surface area (Å²) < 4.78 is 5.18. The van der Waals surface area contributed by atoms with Crippen LogP contribution in [-0.4, -0.2) is 37.0 Å².